The maximum Gasteiger partial charge on any atom is 0.262 e. The lowest BCUT2D eigenvalue weighted by Crippen LogP contribution is -2.21. The van der Waals surface area contributed by atoms with Crippen molar-refractivity contribution in [1.82, 2.24) is 15.2 Å². The van der Waals surface area contributed by atoms with Gasteiger partial charge >= 0.3 is 0 Å². The molecule has 0 aliphatic rings. The van der Waals surface area contributed by atoms with Crippen LogP contribution in [0.2, 0.25) is 5.02 Å². The number of rotatable bonds is 2. The molecule has 0 bridgehead atoms. The zero-order valence-corrected chi connectivity index (χ0v) is 12.4. The minimum atomic E-state index is -0.533. The van der Waals surface area contributed by atoms with Gasteiger partial charge in [-0.15, -0.1) is 10.2 Å². The van der Waals surface area contributed by atoms with E-state index < -0.39 is 5.91 Å². The van der Waals surface area contributed by atoms with Crippen LogP contribution in [0.4, 0.5) is 5.13 Å². The molecule has 0 saturated carbocycles. The van der Waals surface area contributed by atoms with Crippen LogP contribution in [0.15, 0.2) is 29.2 Å². The molecule has 0 spiro atoms. The van der Waals surface area contributed by atoms with Crippen molar-refractivity contribution in [3.05, 3.63) is 50.2 Å². The lowest BCUT2D eigenvalue weighted by molar-refractivity contribution is 0.102. The molecule has 0 atom stereocenters. The van der Waals surface area contributed by atoms with Crippen LogP contribution in [0.1, 0.15) is 15.4 Å². The standard InChI is InChI=1S/C13H9ClN4O2S/c1-6-17-18-13(21-6)16-12(20)8-5-15-10-7(11(8)19)3-2-4-9(10)14/h2-5H,1H3,(H,15,19)(H,16,18,20). The van der Waals surface area contributed by atoms with Gasteiger partial charge in [0.2, 0.25) is 10.6 Å². The molecule has 3 rings (SSSR count). The van der Waals surface area contributed by atoms with Gasteiger partial charge in [0.25, 0.3) is 5.91 Å². The number of hydrogen-bond donors (Lipinski definition) is 2. The van der Waals surface area contributed by atoms with Gasteiger partial charge in [0.05, 0.1) is 10.5 Å². The first-order valence-electron chi connectivity index (χ1n) is 5.97. The number of nitrogens with one attached hydrogen (secondary N) is 2. The molecule has 6 nitrogen and oxygen atoms in total. The van der Waals surface area contributed by atoms with E-state index in [1.165, 1.54) is 17.5 Å². The number of anilines is 1. The van der Waals surface area contributed by atoms with Crippen LogP contribution in [0, 0.1) is 6.92 Å². The number of aryl methyl sites for hydroxylation is 1. The first-order chi connectivity index (χ1) is 10.1. The molecule has 1 aromatic carbocycles. The molecule has 106 valence electrons. The van der Waals surface area contributed by atoms with Crippen LogP contribution in [-0.2, 0) is 0 Å². The highest BCUT2D eigenvalue weighted by atomic mass is 35.5. The number of hydrogen-bond acceptors (Lipinski definition) is 5. The highest BCUT2D eigenvalue weighted by Gasteiger charge is 2.15. The molecule has 2 aromatic heterocycles. The third kappa shape index (κ3) is 2.53. The predicted octanol–water partition coefficient (Wildman–Crippen LogP) is 2.59. The molecule has 3 aromatic rings. The van der Waals surface area contributed by atoms with Crippen molar-refractivity contribution < 1.29 is 4.79 Å². The Morgan fingerprint density at radius 1 is 1.38 bits per heavy atom. The fourth-order valence-corrected chi connectivity index (χ4v) is 2.71. The van der Waals surface area contributed by atoms with Crippen LogP contribution < -0.4 is 10.7 Å². The lowest BCUT2D eigenvalue weighted by atomic mass is 10.1. The minimum Gasteiger partial charge on any atom is -0.359 e. The summed E-state index contributed by atoms with van der Waals surface area (Å²) in [6.45, 7) is 1.78. The van der Waals surface area contributed by atoms with Crippen molar-refractivity contribution in [2.75, 3.05) is 5.32 Å². The molecule has 2 N–H and O–H groups in total. The minimum absolute atomic E-state index is 0.00220. The summed E-state index contributed by atoms with van der Waals surface area (Å²) in [5.41, 5.74) is 0.120. The number of para-hydroxylation sites is 1. The number of fused-ring (bicyclic) bond motifs is 1. The summed E-state index contributed by atoms with van der Waals surface area (Å²) in [4.78, 5) is 27.4. The van der Waals surface area contributed by atoms with E-state index in [2.05, 4.69) is 20.5 Å². The number of H-pyrrole nitrogens is 1. The molecule has 0 fully saturated rings. The smallest absolute Gasteiger partial charge is 0.262 e. The van der Waals surface area contributed by atoms with Crippen molar-refractivity contribution in [1.29, 1.82) is 0 Å². The van der Waals surface area contributed by atoms with Crippen molar-refractivity contribution >= 4 is 44.9 Å². The van der Waals surface area contributed by atoms with Gasteiger partial charge in [-0.2, -0.15) is 0 Å². The largest absolute Gasteiger partial charge is 0.359 e. The molecule has 0 aliphatic carbocycles. The number of carbonyl (C=O) groups is 1. The van der Waals surface area contributed by atoms with Gasteiger partial charge in [-0.1, -0.05) is 29.0 Å². The van der Waals surface area contributed by atoms with Gasteiger partial charge in [-0.3, -0.25) is 14.9 Å². The third-order valence-corrected chi connectivity index (χ3v) is 3.92. The normalized spacial score (nSPS) is 10.8. The summed E-state index contributed by atoms with van der Waals surface area (Å²) in [6, 6.07) is 4.95. The summed E-state index contributed by atoms with van der Waals surface area (Å²) in [5, 5.41) is 12.0. The van der Waals surface area contributed by atoms with Crippen LogP contribution in [-0.4, -0.2) is 21.1 Å². The Hall–Kier alpha value is -2.25. The fraction of sp³-hybridized carbons (Fsp3) is 0.0769. The summed E-state index contributed by atoms with van der Waals surface area (Å²) in [6.07, 6.45) is 1.35. The monoisotopic (exact) mass is 320 g/mol. The second-order valence-corrected chi connectivity index (χ2v) is 5.86. The van der Waals surface area contributed by atoms with Crippen LogP contribution in [0.25, 0.3) is 10.9 Å². The Bertz CT molecular complexity index is 903. The maximum atomic E-state index is 12.3. The number of pyridine rings is 1. The quantitative estimate of drug-likeness (QED) is 0.759. The van der Waals surface area contributed by atoms with E-state index in [4.69, 9.17) is 11.6 Å². The average Bonchev–Trinajstić information content (AvgIpc) is 2.85. The van der Waals surface area contributed by atoms with Gasteiger partial charge in [0, 0.05) is 11.6 Å². The molecule has 8 heteroatoms. The average molecular weight is 321 g/mol. The summed E-state index contributed by atoms with van der Waals surface area (Å²) in [7, 11) is 0. The Labute approximate surface area is 127 Å². The van der Waals surface area contributed by atoms with Crippen LogP contribution in [0.3, 0.4) is 0 Å². The van der Waals surface area contributed by atoms with E-state index in [9.17, 15) is 9.59 Å². The van der Waals surface area contributed by atoms with E-state index >= 15 is 0 Å². The Kier molecular flexibility index (Phi) is 3.44. The first-order valence-corrected chi connectivity index (χ1v) is 7.17. The first kappa shape index (κ1) is 13.7. The van der Waals surface area contributed by atoms with E-state index in [1.54, 1.807) is 25.1 Å². The van der Waals surface area contributed by atoms with Crippen LogP contribution >= 0.6 is 22.9 Å². The molecule has 1 amide bonds. The fourth-order valence-electron chi connectivity index (χ4n) is 1.90. The van der Waals surface area contributed by atoms with E-state index in [0.29, 0.717) is 21.1 Å². The second-order valence-electron chi connectivity index (χ2n) is 4.27. The summed E-state index contributed by atoms with van der Waals surface area (Å²) < 4.78 is 0. The topological polar surface area (TPSA) is 87.7 Å². The molecule has 0 aliphatic heterocycles. The molecular formula is C13H9ClN4O2S. The van der Waals surface area contributed by atoms with Gasteiger partial charge in [0.1, 0.15) is 10.6 Å². The highest BCUT2D eigenvalue weighted by Crippen LogP contribution is 2.19. The highest BCUT2D eigenvalue weighted by molar-refractivity contribution is 7.15. The van der Waals surface area contributed by atoms with Gasteiger partial charge < -0.3 is 4.98 Å². The van der Waals surface area contributed by atoms with E-state index in [1.807, 2.05) is 0 Å². The molecule has 0 unspecified atom stereocenters. The lowest BCUT2D eigenvalue weighted by Gasteiger charge is -2.04. The van der Waals surface area contributed by atoms with Crippen molar-refractivity contribution in [2.24, 2.45) is 0 Å². The second kappa shape index (κ2) is 5.27. The SMILES string of the molecule is Cc1nnc(NC(=O)c2c[nH]c3c(Cl)cccc3c2=O)s1. The van der Waals surface area contributed by atoms with Crippen LogP contribution in [0.5, 0.6) is 0 Å². The number of halogens is 1. The maximum absolute atomic E-state index is 12.3. The van der Waals surface area contributed by atoms with Crippen molar-refractivity contribution in [3.8, 4) is 0 Å². The number of benzene rings is 1. The number of amides is 1. The number of aromatic nitrogens is 3. The van der Waals surface area contributed by atoms with Crippen molar-refractivity contribution in [2.45, 2.75) is 6.92 Å². The van der Waals surface area contributed by atoms with Crippen molar-refractivity contribution in [3.63, 3.8) is 0 Å². The summed E-state index contributed by atoms with van der Waals surface area (Å²) >= 11 is 7.24. The van der Waals surface area contributed by atoms with E-state index in [0.717, 1.165) is 5.01 Å². The third-order valence-electron chi connectivity index (χ3n) is 2.85. The number of nitrogens with zero attached hydrogens (tertiary/aromatic N) is 2. The Balaban J connectivity index is 2.03. The Morgan fingerprint density at radius 2 is 2.19 bits per heavy atom. The molecule has 0 saturated heterocycles. The van der Waals surface area contributed by atoms with E-state index in [-0.39, 0.29) is 11.0 Å². The number of carbonyl (C=O) groups excluding carboxylic acids is 1. The van der Waals surface area contributed by atoms with Gasteiger partial charge in [0.15, 0.2) is 0 Å². The Morgan fingerprint density at radius 3 is 2.90 bits per heavy atom. The van der Waals surface area contributed by atoms with Gasteiger partial charge in [-0.05, 0) is 19.1 Å². The molecule has 21 heavy (non-hydrogen) atoms. The summed E-state index contributed by atoms with van der Waals surface area (Å²) in [5.74, 6) is -0.533. The predicted molar refractivity (Wildman–Crippen MR) is 82.2 cm³/mol. The molecule has 0 radical (unpaired) electrons. The molecule has 2 heterocycles. The van der Waals surface area contributed by atoms with Gasteiger partial charge in [-0.25, -0.2) is 0 Å². The molecular weight excluding hydrogens is 312 g/mol. The number of aromatic amines is 1. The zero-order valence-electron chi connectivity index (χ0n) is 10.8. The zero-order chi connectivity index (χ0) is 15.0.